The van der Waals surface area contributed by atoms with Gasteiger partial charge in [-0.2, -0.15) is 0 Å². The van der Waals surface area contributed by atoms with Crippen LogP contribution in [0.15, 0.2) is 0 Å². The molecule has 0 aliphatic carbocycles. The highest BCUT2D eigenvalue weighted by Crippen LogP contribution is 2.20. The highest BCUT2D eigenvalue weighted by molar-refractivity contribution is 7.15. The van der Waals surface area contributed by atoms with Gasteiger partial charge in [0.15, 0.2) is 5.13 Å². The second kappa shape index (κ2) is 4.42. The van der Waals surface area contributed by atoms with E-state index in [9.17, 15) is 0 Å². The quantitative estimate of drug-likeness (QED) is 0.701. The van der Waals surface area contributed by atoms with E-state index in [0.717, 1.165) is 23.8 Å². The first-order valence-electron chi connectivity index (χ1n) is 4.03. The van der Waals surface area contributed by atoms with Gasteiger partial charge < -0.3 is 10.4 Å². The Balaban J connectivity index is 2.42. The molecule has 1 rings (SSSR count). The van der Waals surface area contributed by atoms with E-state index >= 15 is 0 Å². The molecule has 0 spiro atoms. The average molecular weight is 186 g/mol. The van der Waals surface area contributed by atoms with Crippen LogP contribution in [-0.2, 0) is 0 Å². The van der Waals surface area contributed by atoms with Crippen molar-refractivity contribution < 1.29 is 5.11 Å². The van der Waals surface area contributed by atoms with Crippen LogP contribution in [0.3, 0.4) is 0 Å². The van der Waals surface area contributed by atoms with Crippen molar-refractivity contribution in [1.82, 2.24) is 4.98 Å². The minimum atomic E-state index is 0.232. The predicted octanol–water partition coefficient (Wildman–Crippen LogP) is 1.55. The zero-order valence-corrected chi connectivity index (χ0v) is 8.24. The number of hydrogen-bond donors (Lipinski definition) is 2. The number of thiazole rings is 1. The summed E-state index contributed by atoms with van der Waals surface area (Å²) >= 11 is 1.66. The third kappa shape index (κ3) is 2.46. The topological polar surface area (TPSA) is 45.2 Å². The van der Waals surface area contributed by atoms with Crippen LogP contribution in [0.1, 0.15) is 17.0 Å². The first-order chi connectivity index (χ1) is 5.74. The van der Waals surface area contributed by atoms with E-state index in [0.29, 0.717) is 0 Å². The van der Waals surface area contributed by atoms with E-state index in [1.807, 2.05) is 6.92 Å². The summed E-state index contributed by atoms with van der Waals surface area (Å²) in [6.07, 6.45) is 0.775. The second-order valence-corrected chi connectivity index (χ2v) is 3.87. The van der Waals surface area contributed by atoms with Gasteiger partial charge in [-0.15, -0.1) is 11.3 Å². The van der Waals surface area contributed by atoms with Crippen molar-refractivity contribution in [3.05, 3.63) is 10.6 Å². The van der Waals surface area contributed by atoms with Crippen molar-refractivity contribution in [2.24, 2.45) is 0 Å². The molecule has 0 saturated heterocycles. The number of anilines is 1. The first kappa shape index (κ1) is 9.48. The van der Waals surface area contributed by atoms with Crippen LogP contribution in [0.2, 0.25) is 0 Å². The Morgan fingerprint density at radius 3 is 2.75 bits per heavy atom. The molecule has 0 atom stereocenters. The van der Waals surface area contributed by atoms with Crippen molar-refractivity contribution in [2.75, 3.05) is 18.5 Å². The Kier molecular flexibility index (Phi) is 3.49. The molecule has 1 aromatic rings. The molecule has 1 aromatic heterocycles. The molecule has 12 heavy (non-hydrogen) atoms. The number of aryl methyl sites for hydroxylation is 2. The van der Waals surface area contributed by atoms with Crippen LogP contribution in [0.5, 0.6) is 0 Å². The number of aromatic nitrogens is 1. The number of nitrogens with zero attached hydrogens (tertiary/aromatic N) is 1. The highest BCUT2D eigenvalue weighted by atomic mass is 32.1. The molecule has 0 fully saturated rings. The summed E-state index contributed by atoms with van der Waals surface area (Å²) in [7, 11) is 0. The summed E-state index contributed by atoms with van der Waals surface area (Å²) in [6.45, 7) is 5.09. The zero-order valence-electron chi connectivity index (χ0n) is 7.42. The van der Waals surface area contributed by atoms with E-state index in [4.69, 9.17) is 5.11 Å². The highest BCUT2D eigenvalue weighted by Gasteiger charge is 2.01. The Morgan fingerprint density at radius 1 is 1.50 bits per heavy atom. The minimum Gasteiger partial charge on any atom is -0.396 e. The third-order valence-corrected chi connectivity index (χ3v) is 2.67. The molecule has 0 bridgehead atoms. The number of aliphatic hydroxyl groups is 1. The van der Waals surface area contributed by atoms with Crippen LogP contribution in [-0.4, -0.2) is 23.2 Å². The van der Waals surface area contributed by atoms with Crippen molar-refractivity contribution in [2.45, 2.75) is 20.3 Å². The fourth-order valence-corrected chi connectivity index (χ4v) is 1.66. The Hall–Kier alpha value is -0.610. The Bertz CT molecular complexity index is 228. The number of rotatable bonds is 4. The maximum absolute atomic E-state index is 8.55. The Labute approximate surface area is 76.5 Å². The largest absolute Gasteiger partial charge is 0.396 e. The lowest BCUT2D eigenvalue weighted by molar-refractivity contribution is 0.292. The van der Waals surface area contributed by atoms with Gasteiger partial charge >= 0.3 is 0 Å². The van der Waals surface area contributed by atoms with Crippen molar-refractivity contribution in [1.29, 1.82) is 0 Å². The molecule has 0 aliphatic heterocycles. The molecule has 0 saturated carbocycles. The van der Waals surface area contributed by atoms with Gasteiger partial charge in [-0.1, -0.05) is 0 Å². The summed E-state index contributed by atoms with van der Waals surface area (Å²) in [5, 5.41) is 12.7. The van der Waals surface area contributed by atoms with E-state index in [1.54, 1.807) is 11.3 Å². The average Bonchev–Trinajstić information content (AvgIpc) is 2.32. The molecule has 4 heteroatoms. The monoisotopic (exact) mass is 186 g/mol. The van der Waals surface area contributed by atoms with Gasteiger partial charge in [-0.05, 0) is 20.3 Å². The lowest BCUT2D eigenvalue weighted by Crippen LogP contribution is -2.02. The maximum atomic E-state index is 8.55. The molecule has 68 valence electrons. The van der Waals surface area contributed by atoms with Gasteiger partial charge in [-0.3, -0.25) is 0 Å². The van der Waals surface area contributed by atoms with Gasteiger partial charge in [0.2, 0.25) is 0 Å². The molecular formula is C8H14N2OS. The molecule has 0 aliphatic rings. The fraction of sp³-hybridized carbons (Fsp3) is 0.625. The van der Waals surface area contributed by atoms with Crippen molar-refractivity contribution in [3.8, 4) is 0 Å². The molecular weight excluding hydrogens is 172 g/mol. The molecule has 0 radical (unpaired) electrons. The van der Waals surface area contributed by atoms with Gasteiger partial charge in [0.1, 0.15) is 0 Å². The molecule has 0 aromatic carbocycles. The summed E-state index contributed by atoms with van der Waals surface area (Å²) in [4.78, 5) is 5.56. The first-order valence-corrected chi connectivity index (χ1v) is 4.84. The van der Waals surface area contributed by atoms with E-state index in [1.165, 1.54) is 4.88 Å². The smallest absolute Gasteiger partial charge is 0.183 e. The normalized spacial score (nSPS) is 10.2. The van der Waals surface area contributed by atoms with Crippen LogP contribution in [0.4, 0.5) is 5.13 Å². The van der Waals surface area contributed by atoms with Gasteiger partial charge in [0.25, 0.3) is 0 Å². The molecule has 0 unspecified atom stereocenters. The maximum Gasteiger partial charge on any atom is 0.183 e. The van der Waals surface area contributed by atoms with Crippen LogP contribution >= 0.6 is 11.3 Å². The lowest BCUT2D eigenvalue weighted by Gasteiger charge is -1.98. The summed E-state index contributed by atoms with van der Waals surface area (Å²) in [5.74, 6) is 0. The molecule has 0 amide bonds. The number of hydrogen-bond acceptors (Lipinski definition) is 4. The van der Waals surface area contributed by atoms with E-state index in [-0.39, 0.29) is 6.61 Å². The van der Waals surface area contributed by atoms with Crippen LogP contribution < -0.4 is 5.32 Å². The van der Waals surface area contributed by atoms with E-state index in [2.05, 4.69) is 17.2 Å². The third-order valence-electron chi connectivity index (χ3n) is 1.64. The van der Waals surface area contributed by atoms with Gasteiger partial charge in [0.05, 0.1) is 5.69 Å². The van der Waals surface area contributed by atoms with E-state index < -0.39 is 0 Å². The lowest BCUT2D eigenvalue weighted by atomic mass is 10.4. The Morgan fingerprint density at radius 2 is 2.25 bits per heavy atom. The zero-order chi connectivity index (χ0) is 8.97. The molecule has 2 N–H and O–H groups in total. The van der Waals surface area contributed by atoms with Crippen molar-refractivity contribution in [3.63, 3.8) is 0 Å². The SMILES string of the molecule is Cc1nc(NCCCO)sc1C. The standard InChI is InChI=1S/C8H14N2OS/c1-6-7(2)12-8(10-6)9-4-3-5-11/h11H,3-5H2,1-2H3,(H,9,10). The predicted molar refractivity (Wildman–Crippen MR) is 51.8 cm³/mol. The second-order valence-electron chi connectivity index (χ2n) is 2.66. The van der Waals surface area contributed by atoms with Crippen LogP contribution in [0, 0.1) is 13.8 Å². The van der Waals surface area contributed by atoms with Crippen molar-refractivity contribution >= 4 is 16.5 Å². The minimum absolute atomic E-state index is 0.232. The van der Waals surface area contributed by atoms with Gasteiger partial charge in [0, 0.05) is 18.0 Å². The summed E-state index contributed by atoms with van der Waals surface area (Å²) < 4.78 is 0. The number of aliphatic hydroxyl groups excluding tert-OH is 1. The van der Waals surface area contributed by atoms with Gasteiger partial charge in [-0.25, -0.2) is 4.98 Å². The molecule has 1 heterocycles. The van der Waals surface area contributed by atoms with Crippen LogP contribution in [0.25, 0.3) is 0 Å². The molecule has 3 nitrogen and oxygen atoms in total. The summed E-state index contributed by atoms with van der Waals surface area (Å²) in [5.41, 5.74) is 1.09. The fourth-order valence-electron chi connectivity index (χ4n) is 0.823. The summed E-state index contributed by atoms with van der Waals surface area (Å²) in [6, 6.07) is 0. The number of nitrogens with one attached hydrogen (secondary N) is 1.